The number of carbonyl (C=O) groups excluding carboxylic acids is 1. The van der Waals surface area contributed by atoms with E-state index in [1.807, 2.05) is 12.1 Å². The van der Waals surface area contributed by atoms with Crippen LogP contribution in [0.5, 0.6) is 17.4 Å². The first-order valence-corrected chi connectivity index (χ1v) is 7.73. The Balaban J connectivity index is 1.49. The highest BCUT2D eigenvalue weighted by Gasteiger charge is 2.28. The molecule has 1 amide bonds. The Kier molecular flexibility index (Phi) is 5.15. The number of nitrogens with zero attached hydrogens (tertiary/aromatic N) is 1. The molecule has 0 unspecified atom stereocenters. The molecule has 1 atom stereocenters. The van der Waals surface area contributed by atoms with E-state index in [1.54, 1.807) is 12.1 Å². The third kappa shape index (κ3) is 4.78. The van der Waals surface area contributed by atoms with E-state index in [4.69, 9.17) is 9.47 Å². The second kappa shape index (κ2) is 7.51. The fourth-order valence-corrected chi connectivity index (χ4v) is 2.23. The molecule has 0 spiro atoms. The van der Waals surface area contributed by atoms with E-state index in [9.17, 15) is 18.0 Å². The highest BCUT2D eigenvalue weighted by Crippen LogP contribution is 2.30. The Morgan fingerprint density at radius 1 is 1.23 bits per heavy atom. The SMILES string of the molecule is O=C(NC[C@@H]1COc2ccccc2O1)c1ccc(OCC(F)(F)F)nc1. The molecule has 1 aromatic heterocycles. The van der Waals surface area contributed by atoms with Gasteiger partial charge in [-0.3, -0.25) is 4.79 Å². The van der Waals surface area contributed by atoms with E-state index in [1.165, 1.54) is 12.1 Å². The van der Waals surface area contributed by atoms with Crippen LogP contribution >= 0.6 is 0 Å². The van der Waals surface area contributed by atoms with Crippen LogP contribution < -0.4 is 19.5 Å². The minimum Gasteiger partial charge on any atom is -0.486 e. The summed E-state index contributed by atoms with van der Waals surface area (Å²) >= 11 is 0. The van der Waals surface area contributed by atoms with Crippen molar-refractivity contribution in [1.29, 1.82) is 0 Å². The second-order valence-electron chi connectivity index (χ2n) is 5.50. The van der Waals surface area contributed by atoms with Gasteiger partial charge in [0.15, 0.2) is 18.1 Å². The van der Waals surface area contributed by atoms with Gasteiger partial charge >= 0.3 is 6.18 Å². The number of fused-ring (bicyclic) bond motifs is 1. The number of ether oxygens (including phenoxy) is 3. The van der Waals surface area contributed by atoms with Crippen LogP contribution in [0, 0.1) is 0 Å². The minimum atomic E-state index is -4.45. The average Bonchev–Trinajstić information content (AvgIpc) is 2.64. The lowest BCUT2D eigenvalue weighted by Gasteiger charge is -2.26. The molecule has 0 bridgehead atoms. The molecule has 1 aliphatic rings. The first-order chi connectivity index (χ1) is 12.4. The van der Waals surface area contributed by atoms with Gasteiger partial charge in [-0.1, -0.05) is 12.1 Å². The zero-order valence-electron chi connectivity index (χ0n) is 13.5. The molecule has 0 saturated heterocycles. The summed E-state index contributed by atoms with van der Waals surface area (Å²) in [6.07, 6.45) is -3.65. The highest BCUT2D eigenvalue weighted by molar-refractivity contribution is 5.93. The Morgan fingerprint density at radius 2 is 2.00 bits per heavy atom. The van der Waals surface area contributed by atoms with Crippen molar-refractivity contribution in [3.8, 4) is 17.4 Å². The fraction of sp³-hybridized carbons (Fsp3) is 0.294. The van der Waals surface area contributed by atoms with Gasteiger partial charge in [0.2, 0.25) is 5.88 Å². The lowest BCUT2D eigenvalue weighted by atomic mass is 10.2. The van der Waals surface area contributed by atoms with Crippen LogP contribution in [0.4, 0.5) is 13.2 Å². The maximum Gasteiger partial charge on any atom is 0.422 e. The summed E-state index contributed by atoms with van der Waals surface area (Å²) in [5.74, 6) is 0.612. The average molecular weight is 368 g/mol. The molecule has 138 valence electrons. The Morgan fingerprint density at radius 3 is 2.69 bits per heavy atom. The number of hydrogen-bond acceptors (Lipinski definition) is 5. The predicted octanol–water partition coefficient (Wildman–Crippen LogP) is 2.59. The molecule has 1 aromatic carbocycles. The van der Waals surface area contributed by atoms with Crippen LogP contribution in [0.2, 0.25) is 0 Å². The molecular formula is C17H15F3N2O4. The standard InChI is InChI=1S/C17H15F3N2O4/c18-17(19,20)10-25-15-6-5-11(7-21-15)16(23)22-8-12-9-24-13-3-1-2-4-14(13)26-12/h1-7,12H,8-10H2,(H,22,23)/t12-/m1/s1. The number of benzene rings is 1. The number of amides is 1. The topological polar surface area (TPSA) is 69.7 Å². The number of hydrogen-bond donors (Lipinski definition) is 1. The van der Waals surface area contributed by atoms with E-state index < -0.39 is 18.7 Å². The van der Waals surface area contributed by atoms with Gasteiger partial charge in [0, 0.05) is 12.3 Å². The molecule has 0 radical (unpaired) electrons. The summed E-state index contributed by atoms with van der Waals surface area (Å²) in [4.78, 5) is 15.8. The summed E-state index contributed by atoms with van der Waals surface area (Å²) in [5, 5.41) is 2.67. The lowest BCUT2D eigenvalue weighted by Crippen LogP contribution is -2.40. The van der Waals surface area contributed by atoms with Gasteiger partial charge in [-0.25, -0.2) is 4.98 Å². The highest BCUT2D eigenvalue weighted by atomic mass is 19.4. The molecule has 0 aliphatic carbocycles. The van der Waals surface area contributed by atoms with Crippen LogP contribution in [0.3, 0.4) is 0 Å². The molecular weight excluding hydrogens is 353 g/mol. The number of pyridine rings is 1. The van der Waals surface area contributed by atoms with Gasteiger partial charge in [0.05, 0.1) is 12.1 Å². The van der Waals surface area contributed by atoms with Crippen molar-refractivity contribution in [3.63, 3.8) is 0 Å². The lowest BCUT2D eigenvalue weighted by molar-refractivity contribution is -0.154. The summed E-state index contributed by atoms with van der Waals surface area (Å²) in [6, 6.07) is 9.75. The normalized spacial score (nSPS) is 16.0. The van der Waals surface area contributed by atoms with E-state index in [-0.39, 0.29) is 24.1 Å². The first kappa shape index (κ1) is 17.8. The zero-order valence-corrected chi connectivity index (χ0v) is 13.5. The summed E-state index contributed by atoms with van der Waals surface area (Å²) < 4.78 is 52.0. The number of halogens is 3. The molecule has 0 fully saturated rings. The van der Waals surface area contributed by atoms with Crippen LogP contribution in [0.25, 0.3) is 0 Å². The molecule has 3 rings (SSSR count). The maximum absolute atomic E-state index is 12.1. The van der Waals surface area contributed by atoms with Crippen LogP contribution in [-0.2, 0) is 0 Å². The molecule has 2 aromatic rings. The van der Waals surface area contributed by atoms with Crippen molar-refractivity contribution in [1.82, 2.24) is 10.3 Å². The van der Waals surface area contributed by atoms with Gasteiger partial charge in [0.25, 0.3) is 5.91 Å². The smallest absolute Gasteiger partial charge is 0.422 e. The van der Waals surface area contributed by atoms with E-state index in [0.29, 0.717) is 18.1 Å². The van der Waals surface area contributed by atoms with Crippen molar-refractivity contribution in [2.75, 3.05) is 19.8 Å². The number of carbonyl (C=O) groups is 1. The maximum atomic E-state index is 12.1. The van der Waals surface area contributed by atoms with E-state index in [2.05, 4.69) is 15.0 Å². The number of rotatable bonds is 5. The van der Waals surface area contributed by atoms with Gasteiger partial charge in [-0.2, -0.15) is 13.2 Å². The van der Waals surface area contributed by atoms with Crippen molar-refractivity contribution in [2.24, 2.45) is 0 Å². The number of nitrogens with one attached hydrogen (secondary N) is 1. The van der Waals surface area contributed by atoms with Crippen molar-refractivity contribution in [2.45, 2.75) is 12.3 Å². The molecule has 6 nitrogen and oxygen atoms in total. The largest absolute Gasteiger partial charge is 0.486 e. The monoisotopic (exact) mass is 368 g/mol. The van der Waals surface area contributed by atoms with Gasteiger partial charge < -0.3 is 19.5 Å². The summed E-state index contributed by atoms with van der Waals surface area (Å²) in [5.41, 5.74) is 0.196. The third-order valence-electron chi connectivity index (χ3n) is 3.44. The first-order valence-electron chi connectivity index (χ1n) is 7.73. The Hall–Kier alpha value is -2.97. The summed E-state index contributed by atoms with van der Waals surface area (Å²) in [7, 11) is 0. The van der Waals surface area contributed by atoms with Crippen molar-refractivity contribution >= 4 is 5.91 Å². The quantitative estimate of drug-likeness (QED) is 0.879. The minimum absolute atomic E-state index is 0.196. The molecule has 0 saturated carbocycles. The van der Waals surface area contributed by atoms with E-state index in [0.717, 1.165) is 6.20 Å². The fourth-order valence-electron chi connectivity index (χ4n) is 2.23. The van der Waals surface area contributed by atoms with Gasteiger partial charge in [-0.05, 0) is 18.2 Å². The van der Waals surface area contributed by atoms with Gasteiger partial charge in [0.1, 0.15) is 12.7 Å². The number of alkyl halides is 3. The van der Waals surface area contributed by atoms with Crippen molar-refractivity contribution < 1.29 is 32.2 Å². The number of aromatic nitrogens is 1. The Bertz CT molecular complexity index is 765. The molecule has 26 heavy (non-hydrogen) atoms. The molecule has 1 N–H and O–H groups in total. The van der Waals surface area contributed by atoms with E-state index >= 15 is 0 Å². The Labute approximate surface area is 146 Å². The van der Waals surface area contributed by atoms with Gasteiger partial charge in [-0.15, -0.1) is 0 Å². The second-order valence-corrected chi connectivity index (χ2v) is 5.50. The number of para-hydroxylation sites is 2. The molecule has 9 heteroatoms. The summed E-state index contributed by atoms with van der Waals surface area (Å²) in [6.45, 7) is -0.939. The van der Waals surface area contributed by atoms with Crippen LogP contribution in [0.15, 0.2) is 42.6 Å². The third-order valence-corrected chi connectivity index (χ3v) is 3.44. The van der Waals surface area contributed by atoms with Crippen molar-refractivity contribution in [3.05, 3.63) is 48.2 Å². The molecule has 1 aliphatic heterocycles. The van der Waals surface area contributed by atoms with Crippen LogP contribution in [-0.4, -0.2) is 42.9 Å². The van der Waals surface area contributed by atoms with Crippen LogP contribution in [0.1, 0.15) is 10.4 Å². The molecule has 2 heterocycles. The zero-order chi connectivity index (χ0) is 18.6. The predicted molar refractivity (Wildman–Crippen MR) is 84.5 cm³/mol.